The van der Waals surface area contributed by atoms with Crippen LogP contribution < -0.4 is 10.0 Å². The number of hydrogen-bond donors (Lipinski definition) is 0. The number of azo groups is 2. The van der Waals surface area contributed by atoms with E-state index in [1.807, 2.05) is 12.1 Å². The predicted octanol–water partition coefficient (Wildman–Crippen LogP) is 6.47. The van der Waals surface area contributed by atoms with Gasteiger partial charge in [0.2, 0.25) is 0 Å². The Bertz CT molecular complexity index is 2320. The van der Waals surface area contributed by atoms with Gasteiger partial charge in [0.1, 0.15) is 31.6 Å². The van der Waals surface area contributed by atoms with Crippen LogP contribution in [-0.4, -0.2) is 110 Å². The fourth-order valence-corrected chi connectivity index (χ4v) is 6.67. The summed E-state index contributed by atoms with van der Waals surface area (Å²) in [7, 11) is -9.63. The molecule has 4 aromatic carbocycles. The minimum absolute atomic E-state index is 0. The predicted molar refractivity (Wildman–Crippen MR) is 205 cm³/mol. The molecule has 4 aromatic rings. The summed E-state index contributed by atoms with van der Waals surface area (Å²) in [6.07, 6.45) is 0. The van der Waals surface area contributed by atoms with E-state index >= 15 is 0 Å². The molecule has 2 heterocycles. The van der Waals surface area contributed by atoms with Gasteiger partial charge in [0, 0.05) is 10.0 Å². The molecule has 0 spiro atoms. The molecular formula is C34H28BaCl2N8O8S2. The second kappa shape index (κ2) is 18.1. The van der Waals surface area contributed by atoms with Crippen LogP contribution in [0.15, 0.2) is 125 Å². The smallest absolute Gasteiger partial charge is 0.744 e. The number of amides is 2. The van der Waals surface area contributed by atoms with Crippen LogP contribution in [0, 0.1) is 13.8 Å². The second-order valence-corrected chi connectivity index (χ2v) is 15.2. The summed E-state index contributed by atoms with van der Waals surface area (Å²) in [6, 6.07) is 20.3. The molecule has 280 valence electrons. The quantitative estimate of drug-likeness (QED) is 0.108. The maximum atomic E-state index is 12.6. The zero-order chi connectivity index (χ0) is 39.5. The second-order valence-electron chi connectivity index (χ2n) is 11.7. The average Bonchev–Trinajstić information content (AvgIpc) is 3.57. The van der Waals surface area contributed by atoms with Crippen LogP contribution >= 0.6 is 23.2 Å². The van der Waals surface area contributed by atoms with Crippen molar-refractivity contribution in [2.24, 2.45) is 30.7 Å². The van der Waals surface area contributed by atoms with Gasteiger partial charge in [0.15, 0.2) is 12.1 Å². The topological polar surface area (TPSA) is 229 Å². The third-order valence-corrected chi connectivity index (χ3v) is 10.3. The van der Waals surface area contributed by atoms with Crippen molar-refractivity contribution in [2.45, 2.75) is 49.6 Å². The summed E-state index contributed by atoms with van der Waals surface area (Å²) in [5.74, 6) is -0.862. The van der Waals surface area contributed by atoms with Crippen LogP contribution in [-0.2, 0) is 29.8 Å². The molecule has 16 nitrogen and oxygen atoms in total. The van der Waals surface area contributed by atoms with Gasteiger partial charge in [-0.05, 0) is 87.4 Å². The first-order chi connectivity index (χ1) is 25.4. The number of anilines is 2. The van der Waals surface area contributed by atoms with E-state index in [9.17, 15) is 35.5 Å². The third-order valence-electron chi connectivity index (χ3n) is 7.77. The Labute approximate surface area is 366 Å². The normalized spacial score (nSPS) is 17.3. The Morgan fingerprint density at radius 2 is 0.927 bits per heavy atom. The van der Waals surface area contributed by atoms with Crippen LogP contribution in [0.25, 0.3) is 0 Å². The number of hydrazone groups is 2. The Morgan fingerprint density at radius 3 is 1.24 bits per heavy atom. The molecular weight excluding hydrogens is 921 g/mol. The van der Waals surface area contributed by atoms with Gasteiger partial charge in [-0.2, -0.15) is 40.7 Å². The number of aryl methyl sites for hydroxylation is 2. The van der Waals surface area contributed by atoms with Crippen molar-refractivity contribution in [2.75, 3.05) is 10.0 Å². The third kappa shape index (κ3) is 10.4. The van der Waals surface area contributed by atoms with E-state index in [2.05, 4.69) is 30.7 Å². The van der Waals surface area contributed by atoms with E-state index in [4.69, 9.17) is 23.2 Å². The van der Waals surface area contributed by atoms with Gasteiger partial charge < -0.3 is 9.11 Å². The molecule has 2 amide bonds. The molecule has 2 aliphatic heterocycles. The van der Waals surface area contributed by atoms with E-state index in [0.717, 1.165) is 12.1 Å². The summed E-state index contributed by atoms with van der Waals surface area (Å²) in [4.78, 5) is 24.0. The van der Waals surface area contributed by atoms with Crippen molar-refractivity contribution in [3.05, 3.63) is 106 Å². The number of nitrogens with zero attached hydrogens (tertiary/aromatic N) is 8. The number of halogens is 2. The van der Waals surface area contributed by atoms with Gasteiger partial charge >= 0.3 is 48.9 Å². The minimum atomic E-state index is -4.81. The van der Waals surface area contributed by atoms with Crippen molar-refractivity contribution in [1.82, 2.24) is 0 Å². The fraction of sp³-hybridized carbons (Fsp3) is 0.176. The molecule has 2 atom stereocenters. The van der Waals surface area contributed by atoms with Crippen molar-refractivity contribution < 1.29 is 35.5 Å². The first-order valence-electron chi connectivity index (χ1n) is 15.6. The number of benzene rings is 4. The van der Waals surface area contributed by atoms with Crippen molar-refractivity contribution in [3.8, 4) is 0 Å². The number of carbonyl (C=O) groups is 2. The fourth-order valence-electron chi connectivity index (χ4n) is 4.98. The Hall–Kier alpha value is -3.67. The molecule has 0 aromatic heterocycles. The summed E-state index contributed by atoms with van der Waals surface area (Å²) < 4.78 is 68.8. The molecule has 2 unspecified atom stereocenters. The molecule has 0 aliphatic carbocycles. The van der Waals surface area contributed by atoms with E-state index in [-0.39, 0.29) is 70.3 Å². The zero-order valence-corrected chi connectivity index (χ0v) is 36.9. The van der Waals surface area contributed by atoms with Crippen molar-refractivity contribution in [3.63, 3.8) is 0 Å². The summed E-state index contributed by atoms with van der Waals surface area (Å²) in [5.41, 5.74) is 2.62. The maximum Gasteiger partial charge on any atom is 2.00 e. The summed E-state index contributed by atoms with van der Waals surface area (Å²) in [6.45, 7) is 6.49. The van der Waals surface area contributed by atoms with Crippen molar-refractivity contribution in [1.29, 1.82) is 0 Å². The van der Waals surface area contributed by atoms with Gasteiger partial charge in [0.25, 0.3) is 11.8 Å². The van der Waals surface area contributed by atoms with Crippen LogP contribution in [0.1, 0.15) is 25.0 Å². The summed E-state index contributed by atoms with van der Waals surface area (Å²) in [5, 5.41) is 26.6. The first kappa shape index (κ1) is 44.1. The van der Waals surface area contributed by atoms with Gasteiger partial charge in [-0.15, -0.1) is 0 Å². The molecule has 0 bridgehead atoms. The summed E-state index contributed by atoms with van der Waals surface area (Å²) >= 11 is 11.8. The molecule has 55 heavy (non-hydrogen) atoms. The molecule has 2 aliphatic rings. The van der Waals surface area contributed by atoms with Gasteiger partial charge in [0.05, 0.1) is 32.6 Å². The SMILES string of the molecule is CC1=NN(c2ccccc2)C(=O)C1N=Nc1cc(C)c(Cl)cc1S(=O)(=O)[O-].CC1=NN(c2ccccc2)C(=O)C1N=Nc1cc(C)c(Cl)cc1S(=O)(=O)[O-].[Ba+2]. The number of hydrogen-bond acceptors (Lipinski definition) is 14. The van der Waals surface area contributed by atoms with E-state index in [1.54, 1.807) is 76.2 Å². The Morgan fingerprint density at radius 1 is 0.600 bits per heavy atom. The molecule has 21 heteroatoms. The van der Waals surface area contributed by atoms with Crippen LogP contribution in [0.5, 0.6) is 0 Å². The Kier molecular flexibility index (Phi) is 14.5. The number of rotatable bonds is 8. The maximum absolute atomic E-state index is 12.6. The van der Waals surface area contributed by atoms with E-state index in [1.165, 1.54) is 22.2 Å². The standard InChI is InChI=1S/2C17H15ClN4O4S.Ba/c2*1-10-8-14(15(9-13(10)18)27(24,25)26)19-20-16-11(2)21-22(17(16)23)12-6-4-3-5-7-12;/h2*3-9,16H,1-2H3,(H,24,25,26);/q;;+2/p-2. The van der Waals surface area contributed by atoms with Crippen LogP contribution in [0.2, 0.25) is 10.0 Å². The molecule has 0 saturated heterocycles. The van der Waals surface area contributed by atoms with Crippen LogP contribution in [0.3, 0.4) is 0 Å². The van der Waals surface area contributed by atoms with E-state index < -0.39 is 53.9 Å². The van der Waals surface area contributed by atoms with Crippen molar-refractivity contribution >= 4 is 138 Å². The molecule has 0 N–H and O–H groups in total. The molecule has 0 saturated carbocycles. The molecule has 0 radical (unpaired) electrons. The van der Waals surface area contributed by atoms with E-state index in [0.29, 0.717) is 33.9 Å². The minimum Gasteiger partial charge on any atom is -0.744 e. The largest absolute Gasteiger partial charge is 2.00 e. The Balaban J connectivity index is 0.000000240. The van der Waals surface area contributed by atoms with Gasteiger partial charge in [-0.1, -0.05) is 59.6 Å². The first-order valence-corrected chi connectivity index (χ1v) is 19.2. The number of para-hydroxylation sites is 2. The molecule has 0 fully saturated rings. The monoisotopic (exact) mass is 948 g/mol. The molecule has 6 rings (SSSR count). The van der Waals surface area contributed by atoms with Crippen LogP contribution in [0.4, 0.5) is 22.7 Å². The zero-order valence-electron chi connectivity index (χ0n) is 29.4. The van der Waals surface area contributed by atoms with Gasteiger partial charge in [-0.3, -0.25) is 9.59 Å². The number of carbonyl (C=O) groups excluding carboxylic acids is 2. The van der Waals surface area contributed by atoms with Gasteiger partial charge in [-0.25, -0.2) is 16.8 Å². The average molecular weight is 949 g/mol.